The molecule has 2 fully saturated rings. The minimum atomic E-state index is -3.92. The Labute approximate surface area is 240 Å². The fourth-order valence-electron chi connectivity index (χ4n) is 5.56. The number of aromatic nitrogens is 1. The SMILES string of the molecule is Cc1c(C(=O)N[C@H]2C[C@H](C(=O)O)C2)cc(-c2ccc(S(=O)(=O)NC(C)(C)C)c(Cl)c2Cl)n1CC1CCCCC1. The molecule has 0 bridgehead atoms. The highest BCUT2D eigenvalue weighted by Gasteiger charge is 2.36. The van der Waals surface area contributed by atoms with Gasteiger partial charge in [0.2, 0.25) is 10.0 Å². The molecule has 2 aliphatic carbocycles. The van der Waals surface area contributed by atoms with Gasteiger partial charge in [0, 0.05) is 29.4 Å². The fourth-order valence-corrected chi connectivity index (χ4v) is 7.85. The smallest absolute Gasteiger partial charge is 0.306 e. The number of carboxylic acid groups (broad SMARTS) is 1. The first-order chi connectivity index (χ1) is 18.2. The van der Waals surface area contributed by atoms with Gasteiger partial charge in [0.05, 0.1) is 27.2 Å². The van der Waals surface area contributed by atoms with Crippen molar-refractivity contribution in [2.24, 2.45) is 11.8 Å². The molecule has 11 heteroatoms. The zero-order chi connectivity index (χ0) is 28.7. The summed E-state index contributed by atoms with van der Waals surface area (Å²) < 4.78 is 30.7. The summed E-state index contributed by atoms with van der Waals surface area (Å²) >= 11 is 13.3. The van der Waals surface area contributed by atoms with E-state index in [0.717, 1.165) is 18.5 Å². The molecule has 2 aliphatic rings. The quantitative estimate of drug-likeness (QED) is 0.344. The van der Waals surface area contributed by atoms with Crippen molar-refractivity contribution in [1.29, 1.82) is 0 Å². The molecule has 1 aromatic heterocycles. The van der Waals surface area contributed by atoms with Crippen molar-refractivity contribution < 1.29 is 23.1 Å². The van der Waals surface area contributed by atoms with E-state index >= 15 is 0 Å². The van der Waals surface area contributed by atoms with Crippen LogP contribution >= 0.6 is 23.2 Å². The molecule has 0 spiro atoms. The summed E-state index contributed by atoms with van der Waals surface area (Å²) in [5, 5.41) is 12.2. The number of amides is 1. The van der Waals surface area contributed by atoms with E-state index in [1.807, 2.05) is 6.92 Å². The predicted octanol–water partition coefficient (Wildman–Crippen LogP) is 6.02. The van der Waals surface area contributed by atoms with Crippen molar-refractivity contribution in [2.75, 3.05) is 0 Å². The van der Waals surface area contributed by atoms with Crippen molar-refractivity contribution >= 4 is 45.1 Å². The van der Waals surface area contributed by atoms with Gasteiger partial charge < -0.3 is 15.0 Å². The molecule has 39 heavy (non-hydrogen) atoms. The number of aliphatic carboxylic acids is 1. The summed E-state index contributed by atoms with van der Waals surface area (Å²) in [6.45, 7) is 7.83. The molecule has 1 heterocycles. The topological polar surface area (TPSA) is 118 Å². The van der Waals surface area contributed by atoms with Crippen LogP contribution in [0.15, 0.2) is 23.1 Å². The van der Waals surface area contributed by atoms with E-state index in [4.69, 9.17) is 28.3 Å². The number of hydrogen-bond acceptors (Lipinski definition) is 4. The van der Waals surface area contributed by atoms with Crippen LogP contribution in [-0.4, -0.2) is 41.5 Å². The highest BCUT2D eigenvalue weighted by molar-refractivity contribution is 7.89. The maximum Gasteiger partial charge on any atom is 0.306 e. The van der Waals surface area contributed by atoms with Gasteiger partial charge in [0.15, 0.2) is 0 Å². The molecule has 0 aliphatic heterocycles. The van der Waals surface area contributed by atoms with Crippen molar-refractivity contribution in [2.45, 2.75) is 95.7 Å². The number of rotatable bonds is 8. The maximum atomic E-state index is 13.3. The van der Waals surface area contributed by atoms with E-state index in [1.54, 1.807) is 32.9 Å². The molecule has 8 nitrogen and oxygen atoms in total. The fraction of sp³-hybridized carbons (Fsp3) is 0.571. The molecule has 1 aromatic carbocycles. The molecule has 4 rings (SSSR count). The normalized spacial score (nSPS) is 20.5. The summed E-state index contributed by atoms with van der Waals surface area (Å²) in [5.41, 5.74) is 1.80. The molecular formula is C28H37Cl2N3O5S. The lowest BCUT2D eigenvalue weighted by atomic mass is 9.80. The number of nitrogens with one attached hydrogen (secondary N) is 2. The third-order valence-corrected chi connectivity index (χ3v) is 10.4. The number of hydrogen-bond donors (Lipinski definition) is 3. The highest BCUT2D eigenvalue weighted by Crippen LogP contribution is 2.40. The number of carboxylic acids is 1. The summed E-state index contributed by atoms with van der Waals surface area (Å²) in [6.07, 6.45) is 6.58. The Morgan fingerprint density at radius 2 is 1.72 bits per heavy atom. The number of benzene rings is 1. The molecule has 214 valence electrons. The van der Waals surface area contributed by atoms with Gasteiger partial charge in [-0.1, -0.05) is 42.5 Å². The molecule has 0 saturated heterocycles. The number of carbonyl (C=O) groups is 2. The standard InChI is InChI=1S/C28H37Cl2N3O5S/c1-16-21(26(34)31-19-12-18(13-19)27(35)36)14-22(33(16)15-17-8-6-5-7-9-17)20-10-11-23(25(30)24(20)29)39(37,38)32-28(2,3)4/h10-11,14,17-19,32H,5-9,12-13,15H2,1-4H3,(H,31,34)(H,35,36)/t18-,19-. The van der Waals surface area contributed by atoms with Gasteiger partial charge >= 0.3 is 5.97 Å². The summed E-state index contributed by atoms with van der Waals surface area (Å²) in [6, 6.07) is 4.69. The summed E-state index contributed by atoms with van der Waals surface area (Å²) in [7, 11) is -3.92. The van der Waals surface area contributed by atoms with Gasteiger partial charge in [-0.2, -0.15) is 0 Å². The molecule has 0 radical (unpaired) electrons. The zero-order valence-corrected chi connectivity index (χ0v) is 25.1. The minimum Gasteiger partial charge on any atom is -0.481 e. The molecule has 1 amide bonds. The van der Waals surface area contributed by atoms with E-state index in [0.29, 0.717) is 42.1 Å². The zero-order valence-electron chi connectivity index (χ0n) is 22.8. The third kappa shape index (κ3) is 6.64. The van der Waals surface area contributed by atoms with Crippen LogP contribution in [0.3, 0.4) is 0 Å². The van der Waals surface area contributed by atoms with Gasteiger partial charge in [0.1, 0.15) is 4.90 Å². The summed E-state index contributed by atoms with van der Waals surface area (Å²) in [5.74, 6) is -1.08. The molecule has 0 atom stereocenters. The Bertz CT molecular complexity index is 1370. The number of sulfonamides is 1. The van der Waals surface area contributed by atoms with Crippen LogP contribution < -0.4 is 10.0 Å². The average Bonchev–Trinajstić information content (AvgIpc) is 3.12. The molecule has 2 aromatic rings. The summed E-state index contributed by atoms with van der Waals surface area (Å²) in [4.78, 5) is 24.3. The van der Waals surface area contributed by atoms with Crippen molar-refractivity contribution in [1.82, 2.24) is 14.6 Å². The number of carbonyl (C=O) groups excluding carboxylic acids is 1. The lowest BCUT2D eigenvalue weighted by Gasteiger charge is -2.32. The first kappa shape index (κ1) is 29.9. The maximum absolute atomic E-state index is 13.3. The van der Waals surface area contributed by atoms with Crippen LogP contribution in [0.25, 0.3) is 11.3 Å². The van der Waals surface area contributed by atoms with Crippen molar-refractivity contribution in [3.05, 3.63) is 39.5 Å². The average molecular weight is 599 g/mol. The van der Waals surface area contributed by atoms with E-state index in [1.165, 1.54) is 25.3 Å². The van der Waals surface area contributed by atoms with E-state index in [-0.39, 0.29) is 26.9 Å². The second kappa shape index (κ2) is 11.4. The van der Waals surface area contributed by atoms with Crippen LogP contribution in [0.1, 0.15) is 81.8 Å². The molecule has 0 unspecified atom stereocenters. The molecular weight excluding hydrogens is 561 g/mol. The first-order valence-corrected chi connectivity index (χ1v) is 15.7. The Hall–Kier alpha value is -2.07. The Kier molecular flexibility index (Phi) is 8.76. The Morgan fingerprint density at radius 3 is 2.31 bits per heavy atom. The van der Waals surface area contributed by atoms with E-state index < -0.39 is 27.4 Å². The van der Waals surface area contributed by atoms with Gasteiger partial charge in [-0.15, -0.1) is 0 Å². The largest absolute Gasteiger partial charge is 0.481 e. The Balaban J connectivity index is 1.71. The number of halogens is 2. The second-order valence-corrected chi connectivity index (χ2v) is 14.3. The van der Waals surface area contributed by atoms with Crippen LogP contribution in [-0.2, 0) is 21.4 Å². The van der Waals surface area contributed by atoms with Gasteiger partial charge in [-0.3, -0.25) is 9.59 Å². The predicted molar refractivity (Wildman–Crippen MR) is 153 cm³/mol. The highest BCUT2D eigenvalue weighted by atomic mass is 35.5. The van der Waals surface area contributed by atoms with E-state index in [9.17, 15) is 18.0 Å². The molecule has 2 saturated carbocycles. The third-order valence-electron chi connectivity index (χ3n) is 7.65. The van der Waals surface area contributed by atoms with Gasteiger partial charge in [-0.05, 0) is 77.5 Å². The minimum absolute atomic E-state index is 0.0748. The number of nitrogens with zero attached hydrogens (tertiary/aromatic N) is 1. The van der Waals surface area contributed by atoms with Gasteiger partial charge in [0.25, 0.3) is 5.91 Å². The molecule has 3 N–H and O–H groups in total. The lowest BCUT2D eigenvalue weighted by Crippen LogP contribution is -2.46. The first-order valence-electron chi connectivity index (χ1n) is 13.4. The van der Waals surface area contributed by atoms with Crippen LogP contribution in [0.2, 0.25) is 10.0 Å². The van der Waals surface area contributed by atoms with E-state index in [2.05, 4.69) is 14.6 Å². The lowest BCUT2D eigenvalue weighted by molar-refractivity contribution is -0.145. The second-order valence-electron chi connectivity index (χ2n) is 11.9. The van der Waals surface area contributed by atoms with Crippen LogP contribution in [0, 0.1) is 18.8 Å². The van der Waals surface area contributed by atoms with Crippen LogP contribution in [0.4, 0.5) is 0 Å². The monoisotopic (exact) mass is 597 g/mol. The van der Waals surface area contributed by atoms with Crippen molar-refractivity contribution in [3.8, 4) is 11.3 Å². The Morgan fingerprint density at radius 1 is 1.08 bits per heavy atom. The van der Waals surface area contributed by atoms with Crippen LogP contribution in [0.5, 0.6) is 0 Å². The van der Waals surface area contributed by atoms with Crippen molar-refractivity contribution in [3.63, 3.8) is 0 Å². The van der Waals surface area contributed by atoms with Gasteiger partial charge in [-0.25, -0.2) is 13.1 Å².